The van der Waals surface area contributed by atoms with Gasteiger partial charge in [-0.1, -0.05) is 0 Å². The molecule has 5 rings (SSSR count). The van der Waals surface area contributed by atoms with Crippen LogP contribution in [0.5, 0.6) is 0 Å². The van der Waals surface area contributed by atoms with E-state index in [1.54, 1.807) is 28.7 Å². The number of nitrogens with one attached hydrogen (secondary N) is 1. The van der Waals surface area contributed by atoms with Gasteiger partial charge in [0, 0.05) is 13.3 Å². The van der Waals surface area contributed by atoms with E-state index >= 15 is 0 Å². The molecule has 12 heteroatoms. The van der Waals surface area contributed by atoms with Crippen molar-refractivity contribution in [3.8, 4) is 28.7 Å². The third kappa shape index (κ3) is 2.98. The van der Waals surface area contributed by atoms with Gasteiger partial charge in [0.2, 0.25) is 0 Å². The smallest absolute Gasteiger partial charge is 0.269 e. The number of hydrogen-bond donors (Lipinski definition) is 3. The van der Waals surface area contributed by atoms with Crippen LogP contribution in [0.15, 0.2) is 30.7 Å². The van der Waals surface area contributed by atoms with Crippen molar-refractivity contribution >= 4 is 17.2 Å². The maximum Gasteiger partial charge on any atom is 0.269 e. The predicted octanol–water partition coefficient (Wildman–Crippen LogP) is 1.08. The van der Waals surface area contributed by atoms with Gasteiger partial charge in [-0.15, -0.1) is 0 Å². The molecular formula is C20H20N10O2. The third-order valence-corrected chi connectivity index (χ3v) is 5.94. The fraction of sp³-hybridized carbons (Fsp3) is 0.300. The predicted molar refractivity (Wildman–Crippen MR) is 113 cm³/mol. The summed E-state index contributed by atoms with van der Waals surface area (Å²) in [5, 5.41) is 24.9. The molecule has 0 aromatic carbocycles. The molecule has 162 valence electrons. The molecule has 0 bridgehead atoms. The van der Waals surface area contributed by atoms with E-state index in [4.69, 9.17) is 21.2 Å². The largest absolute Gasteiger partial charge is 0.382 e. The van der Waals surface area contributed by atoms with Crippen molar-refractivity contribution in [2.24, 2.45) is 5.73 Å². The lowest BCUT2D eigenvalue weighted by Gasteiger charge is -2.45. The number of rotatable bonds is 6. The molecule has 1 amide bonds. The molecule has 0 saturated heterocycles. The fourth-order valence-electron chi connectivity index (χ4n) is 4.16. The Labute approximate surface area is 181 Å². The van der Waals surface area contributed by atoms with Crippen LogP contribution in [0.1, 0.15) is 29.8 Å². The molecule has 1 aliphatic carbocycles. The Morgan fingerprint density at radius 3 is 2.94 bits per heavy atom. The van der Waals surface area contributed by atoms with E-state index in [1.165, 1.54) is 6.07 Å². The number of hydrogen-bond acceptors (Lipinski definition) is 8. The summed E-state index contributed by atoms with van der Waals surface area (Å²) in [6.45, 7) is 0. The number of H-pyrrole nitrogens is 1. The van der Waals surface area contributed by atoms with Gasteiger partial charge in [0.1, 0.15) is 17.1 Å². The zero-order chi connectivity index (χ0) is 22.5. The highest BCUT2D eigenvalue weighted by Crippen LogP contribution is 2.44. The van der Waals surface area contributed by atoms with Crippen LogP contribution in [0.25, 0.3) is 28.2 Å². The maximum atomic E-state index is 11.4. The number of aromatic amines is 1. The molecule has 1 aliphatic rings. The van der Waals surface area contributed by atoms with Gasteiger partial charge >= 0.3 is 0 Å². The summed E-state index contributed by atoms with van der Waals surface area (Å²) in [5.41, 5.74) is 14.2. The average Bonchev–Trinajstić information content (AvgIpc) is 3.48. The summed E-state index contributed by atoms with van der Waals surface area (Å²) in [7, 11) is 1.66. The van der Waals surface area contributed by atoms with Crippen LogP contribution < -0.4 is 11.5 Å². The number of anilines is 1. The molecule has 32 heavy (non-hydrogen) atoms. The number of primary amides is 1. The summed E-state index contributed by atoms with van der Waals surface area (Å²) in [6.07, 6.45) is 6.92. The first-order valence-electron chi connectivity index (χ1n) is 9.90. The Morgan fingerprint density at radius 2 is 2.25 bits per heavy atom. The van der Waals surface area contributed by atoms with Crippen molar-refractivity contribution in [2.75, 3.05) is 12.8 Å². The van der Waals surface area contributed by atoms with E-state index in [2.05, 4.69) is 26.5 Å². The minimum absolute atomic E-state index is 0.0834. The van der Waals surface area contributed by atoms with E-state index in [0.29, 0.717) is 47.7 Å². The quantitative estimate of drug-likeness (QED) is 0.405. The molecule has 1 fully saturated rings. The number of nitrogen functional groups attached to an aromatic ring is 1. The number of amides is 1. The van der Waals surface area contributed by atoms with Crippen molar-refractivity contribution in [1.82, 2.24) is 34.6 Å². The van der Waals surface area contributed by atoms with Gasteiger partial charge in [0.25, 0.3) is 5.91 Å². The summed E-state index contributed by atoms with van der Waals surface area (Å²) in [4.78, 5) is 16.2. The molecule has 0 radical (unpaired) electrons. The van der Waals surface area contributed by atoms with Gasteiger partial charge in [0.05, 0.1) is 53.3 Å². The number of nitrogens with two attached hydrogens (primary N) is 2. The highest BCUT2D eigenvalue weighted by Gasteiger charge is 2.47. The van der Waals surface area contributed by atoms with Crippen molar-refractivity contribution in [1.29, 1.82) is 5.26 Å². The highest BCUT2D eigenvalue weighted by atomic mass is 16.5. The fourth-order valence-corrected chi connectivity index (χ4v) is 4.16. The third-order valence-electron chi connectivity index (χ3n) is 5.94. The van der Waals surface area contributed by atoms with Gasteiger partial charge in [-0.05, 0) is 25.0 Å². The van der Waals surface area contributed by atoms with Crippen LogP contribution in [0.3, 0.4) is 0 Å². The number of fused-ring (bicyclic) bond motifs is 1. The van der Waals surface area contributed by atoms with E-state index in [-0.39, 0.29) is 11.8 Å². The van der Waals surface area contributed by atoms with Gasteiger partial charge in [-0.2, -0.15) is 20.6 Å². The van der Waals surface area contributed by atoms with Crippen LogP contribution >= 0.6 is 0 Å². The average molecular weight is 432 g/mol. The van der Waals surface area contributed by atoms with Crippen LogP contribution in [-0.2, 0) is 10.3 Å². The monoisotopic (exact) mass is 432 g/mol. The van der Waals surface area contributed by atoms with Crippen LogP contribution in [0.4, 0.5) is 5.82 Å². The number of ether oxygens (including phenoxy) is 1. The molecule has 12 nitrogen and oxygen atoms in total. The first-order valence-corrected chi connectivity index (χ1v) is 9.90. The zero-order valence-electron chi connectivity index (χ0n) is 17.2. The molecular weight excluding hydrogens is 412 g/mol. The minimum Gasteiger partial charge on any atom is -0.382 e. The Morgan fingerprint density at radius 1 is 1.44 bits per heavy atom. The summed E-state index contributed by atoms with van der Waals surface area (Å²) < 4.78 is 8.84. The number of methoxy groups -OCH3 is 1. The molecule has 5 N–H and O–H groups in total. The number of carbonyl (C=O) groups is 1. The molecule has 0 spiro atoms. The number of aromatic nitrogens is 7. The number of carbonyl (C=O) groups excluding carboxylic acids is 1. The van der Waals surface area contributed by atoms with Gasteiger partial charge in [-0.25, -0.2) is 9.50 Å². The number of nitrogens with zero attached hydrogens (tertiary/aromatic N) is 7. The van der Waals surface area contributed by atoms with Crippen molar-refractivity contribution in [3.63, 3.8) is 0 Å². The first-order chi connectivity index (χ1) is 15.4. The minimum atomic E-state index is -0.643. The second-order valence-electron chi connectivity index (χ2n) is 7.86. The molecule has 0 atom stereocenters. The number of nitriles is 1. The standard InChI is InChI=1S/C20H20N10O2/c1-32-11-7-20(8-11,3-4-21)30-9-12(18(22)28-30)17-16-2-5-24-29(16)10-15(25-17)13-6-14(19(23)31)27-26-13/h2,5-6,9-11H,3,7-8H2,1H3,(H2,22,28)(H2,23,31)(H,26,27)/t11-,20+. The summed E-state index contributed by atoms with van der Waals surface area (Å²) >= 11 is 0. The van der Waals surface area contributed by atoms with Gasteiger partial charge in [-0.3, -0.25) is 14.6 Å². The Hall–Kier alpha value is -4.24. The molecule has 0 aliphatic heterocycles. The van der Waals surface area contributed by atoms with Crippen LogP contribution in [0, 0.1) is 11.3 Å². The topological polar surface area (TPSA) is 179 Å². The van der Waals surface area contributed by atoms with Crippen LogP contribution in [0.2, 0.25) is 0 Å². The zero-order valence-corrected chi connectivity index (χ0v) is 17.2. The van der Waals surface area contributed by atoms with Crippen molar-refractivity contribution in [3.05, 3.63) is 36.4 Å². The lowest BCUT2D eigenvalue weighted by atomic mass is 9.72. The Kier molecular flexibility index (Phi) is 4.42. The normalized spacial score (nSPS) is 20.2. The second-order valence-corrected chi connectivity index (χ2v) is 7.86. The van der Waals surface area contributed by atoms with Crippen LogP contribution in [-0.4, -0.2) is 53.7 Å². The Bertz CT molecular complexity index is 1370. The Balaban J connectivity index is 1.61. The van der Waals surface area contributed by atoms with E-state index in [9.17, 15) is 10.1 Å². The first kappa shape index (κ1) is 19.7. The molecule has 4 aromatic rings. The highest BCUT2D eigenvalue weighted by molar-refractivity contribution is 5.92. The second kappa shape index (κ2) is 7.17. The van der Waals surface area contributed by atoms with E-state index in [1.807, 2.05) is 12.3 Å². The van der Waals surface area contributed by atoms with Gasteiger partial charge < -0.3 is 16.2 Å². The summed E-state index contributed by atoms with van der Waals surface area (Å²) in [5.74, 6) is -0.352. The van der Waals surface area contributed by atoms with E-state index < -0.39 is 11.4 Å². The van der Waals surface area contributed by atoms with Crippen molar-refractivity contribution in [2.45, 2.75) is 30.9 Å². The lowest BCUT2D eigenvalue weighted by molar-refractivity contribution is -0.0540. The SMILES string of the molecule is CO[C@H]1C[C@@](CC#N)(n2cc(-c3nc(-c4cc(C(N)=O)n[nH]4)cn4nccc34)c(N)n2)C1. The maximum absolute atomic E-state index is 11.4. The van der Waals surface area contributed by atoms with E-state index in [0.717, 1.165) is 5.52 Å². The molecule has 0 unspecified atom stereocenters. The molecule has 1 saturated carbocycles. The molecule has 4 aromatic heterocycles. The lowest BCUT2D eigenvalue weighted by Crippen LogP contribution is -2.50. The van der Waals surface area contributed by atoms with Gasteiger partial charge in [0.15, 0.2) is 5.82 Å². The molecule has 4 heterocycles. The summed E-state index contributed by atoms with van der Waals surface area (Å²) in [6, 6.07) is 5.60. The van der Waals surface area contributed by atoms with Crippen molar-refractivity contribution < 1.29 is 9.53 Å².